The molecule has 4 rings (SSSR count). The summed E-state index contributed by atoms with van der Waals surface area (Å²) in [7, 11) is 4.58. The second-order valence-corrected chi connectivity index (χ2v) is 8.50. The maximum atomic E-state index is 12.8. The Bertz CT molecular complexity index is 1200. The van der Waals surface area contributed by atoms with Crippen LogP contribution in [-0.4, -0.2) is 38.3 Å². The van der Waals surface area contributed by atoms with Crippen LogP contribution in [0.2, 0.25) is 0 Å². The number of hydrogen-bond acceptors (Lipinski definition) is 6. The minimum Gasteiger partial charge on any atom is -0.493 e. The molecule has 8 heteroatoms. The SMILES string of the molecule is COc1ccc([C@H]2CC(=O)Nc3c2sc(C(=O)O)c3-c2ccc(C)cc2)c(OC)c1OC. The molecule has 0 bridgehead atoms. The van der Waals surface area contributed by atoms with E-state index in [0.29, 0.717) is 28.5 Å². The average molecular weight is 454 g/mol. The standard InChI is InChI=1S/C24H23NO6S/c1-12-5-7-13(8-6-12)18-19-22(32-23(18)24(27)28)15(11-17(26)25-19)14-9-10-16(29-2)21(31-4)20(14)30-3/h5-10,15H,11H2,1-4H3,(H,25,26)(H,27,28)/t15-/m1/s1. The van der Waals surface area contributed by atoms with Gasteiger partial charge in [-0.3, -0.25) is 4.79 Å². The Morgan fingerprint density at radius 3 is 2.31 bits per heavy atom. The fraction of sp³-hybridized carbons (Fsp3) is 0.250. The normalized spacial score (nSPS) is 15.0. The smallest absolute Gasteiger partial charge is 0.346 e. The minimum atomic E-state index is -1.03. The Morgan fingerprint density at radius 1 is 1.03 bits per heavy atom. The molecule has 0 saturated carbocycles. The van der Waals surface area contributed by atoms with E-state index in [4.69, 9.17) is 14.2 Å². The number of nitrogens with one attached hydrogen (secondary N) is 1. The maximum absolute atomic E-state index is 12.8. The summed E-state index contributed by atoms with van der Waals surface area (Å²) in [5.41, 5.74) is 3.59. The number of carbonyl (C=O) groups is 2. The van der Waals surface area contributed by atoms with Crippen molar-refractivity contribution in [2.75, 3.05) is 26.6 Å². The molecular formula is C24H23NO6S. The summed E-state index contributed by atoms with van der Waals surface area (Å²) < 4.78 is 16.5. The number of thiophene rings is 1. The van der Waals surface area contributed by atoms with Crippen LogP contribution in [0.5, 0.6) is 17.2 Å². The molecule has 0 unspecified atom stereocenters. The molecule has 2 N–H and O–H groups in total. The summed E-state index contributed by atoms with van der Waals surface area (Å²) in [6.07, 6.45) is 0.158. The summed E-state index contributed by atoms with van der Waals surface area (Å²) in [6, 6.07) is 11.2. The highest BCUT2D eigenvalue weighted by Gasteiger charge is 2.36. The molecule has 0 aliphatic carbocycles. The first-order valence-corrected chi connectivity index (χ1v) is 10.8. The third kappa shape index (κ3) is 3.56. The number of benzene rings is 2. The van der Waals surface area contributed by atoms with Crippen LogP contribution >= 0.6 is 11.3 Å². The third-order valence-electron chi connectivity index (χ3n) is 5.55. The second-order valence-electron chi connectivity index (χ2n) is 7.45. The monoisotopic (exact) mass is 453 g/mol. The number of carboxylic acid groups (broad SMARTS) is 1. The molecule has 7 nitrogen and oxygen atoms in total. The Labute approximate surface area is 189 Å². The maximum Gasteiger partial charge on any atom is 0.346 e. The quantitative estimate of drug-likeness (QED) is 0.550. The van der Waals surface area contributed by atoms with Gasteiger partial charge in [-0.2, -0.15) is 0 Å². The van der Waals surface area contributed by atoms with Gasteiger partial charge < -0.3 is 24.6 Å². The fourth-order valence-corrected chi connectivity index (χ4v) is 5.32. The Hall–Kier alpha value is -3.52. The summed E-state index contributed by atoms with van der Waals surface area (Å²) in [6.45, 7) is 1.96. The number of aryl methyl sites for hydroxylation is 1. The van der Waals surface area contributed by atoms with Crippen LogP contribution in [0.25, 0.3) is 11.1 Å². The highest BCUT2D eigenvalue weighted by atomic mass is 32.1. The van der Waals surface area contributed by atoms with Crippen molar-refractivity contribution < 1.29 is 28.9 Å². The number of aromatic carboxylic acids is 1. The topological polar surface area (TPSA) is 94.1 Å². The van der Waals surface area contributed by atoms with Crippen LogP contribution in [0.1, 0.15) is 38.0 Å². The molecule has 1 amide bonds. The van der Waals surface area contributed by atoms with Crippen LogP contribution in [0.15, 0.2) is 36.4 Å². The molecule has 2 aromatic carbocycles. The molecule has 0 saturated heterocycles. The van der Waals surface area contributed by atoms with E-state index in [-0.39, 0.29) is 17.2 Å². The molecule has 166 valence electrons. The lowest BCUT2D eigenvalue weighted by molar-refractivity contribution is -0.116. The van der Waals surface area contributed by atoms with E-state index in [9.17, 15) is 14.7 Å². The zero-order chi connectivity index (χ0) is 23.0. The molecule has 0 radical (unpaired) electrons. The van der Waals surface area contributed by atoms with E-state index in [1.807, 2.05) is 37.3 Å². The molecule has 0 spiro atoms. The number of fused-ring (bicyclic) bond motifs is 1. The van der Waals surface area contributed by atoms with E-state index in [2.05, 4.69) is 5.32 Å². The molecule has 1 aliphatic heterocycles. The first-order valence-electron chi connectivity index (χ1n) is 9.95. The summed E-state index contributed by atoms with van der Waals surface area (Å²) in [5.74, 6) is -0.231. The summed E-state index contributed by atoms with van der Waals surface area (Å²) >= 11 is 1.17. The van der Waals surface area contributed by atoms with Gasteiger partial charge in [0.15, 0.2) is 11.5 Å². The largest absolute Gasteiger partial charge is 0.493 e. The van der Waals surface area contributed by atoms with Gasteiger partial charge in [0.25, 0.3) is 0 Å². The van der Waals surface area contributed by atoms with Crippen molar-refractivity contribution in [3.63, 3.8) is 0 Å². The van der Waals surface area contributed by atoms with Crippen LogP contribution in [0, 0.1) is 6.92 Å². The predicted molar refractivity (Wildman–Crippen MR) is 123 cm³/mol. The van der Waals surface area contributed by atoms with Crippen molar-refractivity contribution in [3.05, 3.63) is 57.3 Å². The Morgan fingerprint density at radius 2 is 1.72 bits per heavy atom. The van der Waals surface area contributed by atoms with Crippen LogP contribution in [-0.2, 0) is 4.79 Å². The molecule has 1 aliphatic rings. The Kier molecular flexibility index (Phi) is 5.80. The lowest BCUT2D eigenvalue weighted by Crippen LogP contribution is -2.23. The number of anilines is 1. The lowest BCUT2D eigenvalue weighted by atomic mass is 9.87. The van der Waals surface area contributed by atoms with Gasteiger partial charge in [-0.15, -0.1) is 11.3 Å². The van der Waals surface area contributed by atoms with E-state index in [1.54, 1.807) is 6.07 Å². The van der Waals surface area contributed by atoms with Crippen LogP contribution in [0.4, 0.5) is 5.69 Å². The van der Waals surface area contributed by atoms with Crippen molar-refractivity contribution in [2.24, 2.45) is 0 Å². The van der Waals surface area contributed by atoms with Gasteiger partial charge in [0.05, 0.1) is 27.0 Å². The van der Waals surface area contributed by atoms with Gasteiger partial charge >= 0.3 is 5.97 Å². The van der Waals surface area contributed by atoms with Gasteiger partial charge in [0.1, 0.15) is 4.88 Å². The second kappa shape index (κ2) is 8.55. The number of carboxylic acids is 1. The van der Waals surface area contributed by atoms with Gasteiger partial charge in [0, 0.05) is 28.3 Å². The number of carbonyl (C=O) groups excluding carboxylic acids is 1. The van der Waals surface area contributed by atoms with Crippen molar-refractivity contribution >= 4 is 28.9 Å². The third-order valence-corrected chi connectivity index (χ3v) is 6.84. The molecule has 3 aromatic rings. The van der Waals surface area contributed by atoms with Gasteiger partial charge in [-0.25, -0.2) is 4.79 Å². The minimum absolute atomic E-state index is 0.158. The fourth-order valence-electron chi connectivity index (χ4n) is 4.08. The van der Waals surface area contributed by atoms with Gasteiger partial charge in [0.2, 0.25) is 11.7 Å². The average Bonchev–Trinajstić information content (AvgIpc) is 3.17. The number of ether oxygens (including phenoxy) is 3. The van der Waals surface area contributed by atoms with Crippen LogP contribution in [0.3, 0.4) is 0 Å². The number of amides is 1. The molecule has 1 atom stereocenters. The zero-order valence-corrected chi connectivity index (χ0v) is 19.0. The van der Waals surface area contributed by atoms with Gasteiger partial charge in [-0.1, -0.05) is 35.9 Å². The van der Waals surface area contributed by atoms with Crippen molar-refractivity contribution in [1.82, 2.24) is 0 Å². The number of rotatable bonds is 6. The predicted octanol–water partition coefficient (Wildman–Crippen LogP) is 4.92. The van der Waals surface area contributed by atoms with E-state index in [1.165, 1.54) is 32.7 Å². The molecule has 32 heavy (non-hydrogen) atoms. The van der Waals surface area contributed by atoms with Crippen molar-refractivity contribution in [1.29, 1.82) is 0 Å². The Balaban J connectivity index is 1.96. The lowest BCUT2D eigenvalue weighted by Gasteiger charge is -2.26. The first kappa shape index (κ1) is 21.7. The number of methoxy groups -OCH3 is 3. The summed E-state index contributed by atoms with van der Waals surface area (Å²) in [5, 5.41) is 12.9. The van der Waals surface area contributed by atoms with Crippen LogP contribution < -0.4 is 19.5 Å². The number of hydrogen-bond donors (Lipinski definition) is 2. The van der Waals surface area contributed by atoms with Crippen molar-refractivity contribution in [2.45, 2.75) is 19.3 Å². The first-order chi connectivity index (χ1) is 15.4. The van der Waals surface area contributed by atoms with Gasteiger partial charge in [-0.05, 0) is 18.6 Å². The molecular weight excluding hydrogens is 430 g/mol. The molecule has 0 fully saturated rings. The van der Waals surface area contributed by atoms with E-state index in [0.717, 1.165) is 21.6 Å². The highest BCUT2D eigenvalue weighted by Crippen LogP contribution is 2.53. The highest BCUT2D eigenvalue weighted by molar-refractivity contribution is 7.15. The zero-order valence-electron chi connectivity index (χ0n) is 18.1. The van der Waals surface area contributed by atoms with E-state index >= 15 is 0 Å². The molecule has 2 heterocycles. The van der Waals surface area contributed by atoms with E-state index < -0.39 is 11.9 Å². The molecule has 1 aromatic heterocycles. The van der Waals surface area contributed by atoms with Crippen molar-refractivity contribution in [3.8, 4) is 28.4 Å². The summed E-state index contributed by atoms with van der Waals surface area (Å²) in [4.78, 5) is 25.9.